The first-order chi connectivity index (χ1) is 9.76. The van der Waals surface area contributed by atoms with Gasteiger partial charge >= 0.3 is 0 Å². The first-order valence-corrected chi connectivity index (χ1v) is 7.15. The van der Waals surface area contributed by atoms with Gasteiger partial charge in [0.2, 0.25) is 5.91 Å². The zero-order chi connectivity index (χ0) is 13.9. The molecule has 0 bridgehead atoms. The number of rotatable bonds is 3. The van der Waals surface area contributed by atoms with Gasteiger partial charge in [-0.3, -0.25) is 4.79 Å². The van der Waals surface area contributed by atoms with Crippen LogP contribution in [0.1, 0.15) is 25.7 Å². The summed E-state index contributed by atoms with van der Waals surface area (Å²) in [4.78, 5) is 22.3. The maximum Gasteiger partial charge on any atom is 0.245 e. The summed E-state index contributed by atoms with van der Waals surface area (Å²) in [6.07, 6.45) is 8.18. The van der Waals surface area contributed by atoms with Crippen LogP contribution in [0.25, 0.3) is 0 Å². The van der Waals surface area contributed by atoms with Crippen molar-refractivity contribution in [1.82, 2.24) is 9.97 Å². The predicted molar refractivity (Wildman–Crippen MR) is 75.6 cm³/mol. The molecule has 1 saturated carbocycles. The van der Waals surface area contributed by atoms with Gasteiger partial charge in [0.25, 0.3) is 0 Å². The summed E-state index contributed by atoms with van der Waals surface area (Å²) in [7, 11) is 1.78. The van der Waals surface area contributed by atoms with Gasteiger partial charge < -0.3 is 15.0 Å². The van der Waals surface area contributed by atoms with E-state index in [2.05, 4.69) is 20.2 Å². The minimum atomic E-state index is -0.0106. The average Bonchev–Trinajstić information content (AvgIpc) is 2.48. The van der Waals surface area contributed by atoms with Crippen molar-refractivity contribution in [2.24, 2.45) is 5.92 Å². The van der Waals surface area contributed by atoms with Gasteiger partial charge in [-0.25, -0.2) is 9.97 Å². The number of hydrogen-bond acceptors (Lipinski definition) is 5. The number of amides is 1. The van der Waals surface area contributed by atoms with Crippen LogP contribution in [0.5, 0.6) is 0 Å². The van der Waals surface area contributed by atoms with Crippen LogP contribution >= 0.6 is 0 Å². The quantitative estimate of drug-likeness (QED) is 0.905. The number of aromatic nitrogens is 2. The molecular formula is C14H20N4O2. The van der Waals surface area contributed by atoms with Gasteiger partial charge in [0.1, 0.15) is 0 Å². The van der Waals surface area contributed by atoms with Gasteiger partial charge in [-0.2, -0.15) is 0 Å². The van der Waals surface area contributed by atoms with E-state index in [0.29, 0.717) is 24.4 Å². The average molecular weight is 276 g/mol. The summed E-state index contributed by atoms with van der Waals surface area (Å²) < 4.78 is 5.40. The van der Waals surface area contributed by atoms with E-state index in [1.54, 1.807) is 19.5 Å². The van der Waals surface area contributed by atoms with Gasteiger partial charge in [0, 0.05) is 26.0 Å². The van der Waals surface area contributed by atoms with Gasteiger partial charge in [0.05, 0.1) is 12.6 Å². The topological polar surface area (TPSA) is 67.3 Å². The molecule has 108 valence electrons. The number of carbonyl (C=O) groups excluding carboxylic acids is 1. The molecule has 1 aliphatic carbocycles. The van der Waals surface area contributed by atoms with Crippen LogP contribution in [-0.4, -0.2) is 42.2 Å². The fraction of sp³-hybridized carbons (Fsp3) is 0.643. The Kier molecular flexibility index (Phi) is 3.82. The Labute approximate surface area is 118 Å². The third-order valence-electron chi connectivity index (χ3n) is 4.18. The normalized spacial score (nSPS) is 26.1. The number of nitrogens with zero attached hydrogens (tertiary/aromatic N) is 3. The molecule has 1 fully saturated rings. The summed E-state index contributed by atoms with van der Waals surface area (Å²) in [6.45, 7) is 1.24. The van der Waals surface area contributed by atoms with E-state index >= 15 is 0 Å². The molecule has 1 aliphatic heterocycles. The number of anilines is 2. The Bertz CT molecular complexity index is 486. The number of ether oxygens (including phenoxy) is 1. The van der Waals surface area contributed by atoms with Crippen molar-refractivity contribution in [3.8, 4) is 0 Å². The molecule has 0 saturated heterocycles. The number of methoxy groups -OCH3 is 1. The molecule has 2 aliphatic rings. The van der Waals surface area contributed by atoms with Crippen LogP contribution in [0, 0.1) is 5.92 Å². The minimum absolute atomic E-state index is 0.0106. The maximum atomic E-state index is 11.7. The summed E-state index contributed by atoms with van der Waals surface area (Å²) >= 11 is 0. The van der Waals surface area contributed by atoms with Crippen molar-refractivity contribution in [2.75, 3.05) is 30.4 Å². The van der Waals surface area contributed by atoms with Crippen LogP contribution in [0.2, 0.25) is 0 Å². The van der Waals surface area contributed by atoms with Crippen LogP contribution in [-0.2, 0) is 9.53 Å². The van der Waals surface area contributed by atoms with Gasteiger partial charge in [0.15, 0.2) is 11.6 Å². The summed E-state index contributed by atoms with van der Waals surface area (Å²) in [5.74, 6) is 1.96. The summed E-state index contributed by atoms with van der Waals surface area (Å²) in [6, 6.07) is 0. The maximum absolute atomic E-state index is 11.7. The van der Waals surface area contributed by atoms with Crippen LogP contribution < -0.4 is 10.2 Å². The van der Waals surface area contributed by atoms with Gasteiger partial charge in [-0.05, 0) is 31.6 Å². The lowest BCUT2D eigenvalue weighted by atomic mass is 9.87. The Morgan fingerprint density at radius 3 is 2.80 bits per heavy atom. The molecule has 0 aromatic carbocycles. The van der Waals surface area contributed by atoms with Crippen LogP contribution in [0.15, 0.2) is 12.4 Å². The van der Waals surface area contributed by atoms with Crippen molar-refractivity contribution >= 4 is 17.5 Å². The molecule has 20 heavy (non-hydrogen) atoms. The second kappa shape index (κ2) is 5.75. The standard InChI is InChI=1S/C14H20N4O2/c1-20-11-4-2-10(3-5-11)8-18-9-12(19)17-13-14(18)16-7-6-15-13/h6-7,10-11H,2-5,8-9H2,1H3,(H,15,17,19). The second-order valence-electron chi connectivity index (χ2n) is 5.54. The Morgan fingerprint density at radius 1 is 1.30 bits per heavy atom. The molecule has 0 unspecified atom stereocenters. The molecule has 0 atom stereocenters. The zero-order valence-electron chi connectivity index (χ0n) is 11.7. The minimum Gasteiger partial charge on any atom is -0.381 e. The lowest BCUT2D eigenvalue weighted by Crippen LogP contribution is -2.42. The fourth-order valence-corrected chi connectivity index (χ4v) is 3.08. The van der Waals surface area contributed by atoms with Crippen molar-refractivity contribution in [2.45, 2.75) is 31.8 Å². The number of carbonyl (C=O) groups is 1. The highest BCUT2D eigenvalue weighted by atomic mass is 16.5. The largest absolute Gasteiger partial charge is 0.381 e. The number of nitrogens with one attached hydrogen (secondary N) is 1. The zero-order valence-corrected chi connectivity index (χ0v) is 11.7. The van der Waals surface area contributed by atoms with E-state index in [9.17, 15) is 4.79 Å². The predicted octanol–water partition coefficient (Wildman–Crippen LogP) is 1.44. The van der Waals surface area contributed by atoms with Crippen molar-refractivity contribution < 1.29 is 9.53 Å². The summed E-state index contributed by atoms with van der Waals surface area (Å²) in [5.41, 5.74) is 0. The van der Waals surface area contributed by atoms with E-state index < -0.39 is 0 Å². The molecule has 3 rings (SSSR count). The molecule has 1 aromatic heterocycles. The Hall–Kier alpha value is -1.69. The molecular weight excluding hydrogens is 256 g/mol. The van der Waals surface area contributed by atoms with E-state index in [1.165, 1.54) is 0 Å². The Balaban J connectivity index is 1.67. The summed E-state index contributed by atoms with van der Waals surface area (Å²) in [5, 5.41) is 2.77. The fourth-order valence-electron chi connectivity index (χ4n) is 3.08. The molecule has 2 heterocycles. The highest BCUT2D eigenvalue weighted by Gasteiger charge is 2.28. The van der Waals surface area contributed by atoms with Crippen LogP contribution in [0.4, 0.5) is 11.6 Å². The monoisotopic (exact) mass is 276 g/mol. The molecule has 1 amide bonds. The first-order valence-electron chi connectivity index (χ1n) is 7.15. The molecule has 1 aromatic rings. The number of fused-ring (bicyclic) bond motifs is 1. The second-order valence-corrected chi connectivity index (χ2v) is 5.54. The van der Waals surface area contributed by atoms with Crippen molar-refractivity contribution in [3.63, 3.8) is 0 Å². The van der Waals surface area contributed by atoms with Gasteiger partial charge in [-0.1, -0.05) is 0 Å². The number of hydrogen-bond donors (Lipinski definition) is 1. The molecule has 0 spiro atoms. The van der Waals surface area contributed by atoms with E-state index in [4.69, 9.17) is 4.74 Å². The van der Waals surface area contributed by atoms with E-state index in [0.717, 1.165) is 38.0 Å². The molecule has 1 N–H and O–H groups in total. The highest BCUT2D eigenvalue weighted by Crippen LogP contribution is 2.30. The smallest absolute Gasteiger partial charge is 0.245 e. The lowest BCUT2D eigenvalue weighted by Gasteiger charge is -2.34. The van der Waals surface area contributed by atoms with E-state index in [-0.39, 0.29) is 5.91 Å². The first kappa shape index (κ1) is 13.3. The molecule has 6 heteroatoms. The van der Waals surface area contributed by atoms with Crippen LogP contribution in [0.3, 0.4) is 0 Å². The SMILES string of the molecule is COC1CCC(CN2CC(=O)Nc3nccnc32)CC1. The van der Waals surface area contributed by atoms with Crippen molar-refractivity contribution in [3.05, 3.63) is 12.4 Å². The third-order valence-corrected chi connectivity index (χ3v) is 4.18. The Morgan fingerprint density at radius 2 is 2.05 bits per heavy atom. The molecule has 6 nitrogen and oxygen atoms in total. The lowest BCUT2D eigenvalue weighted by molar-refractivity contribution is -0.115. The van der Waals surface area contributed by atoms with Gasteiger partial charge in [-0.15, -0.1) is 0 Å². The van der Waals surface area contributed by atoms with E-state index in [1.807, 2.05) is 0 Å². The van der Waals surface area contributed by atoms with Crippen molar-refractivity contribution in [1.29, 1.82) is 0 Å². The highest BCUT2D eigenvalue weighted by molar-refractivity contribution is 5.98. The molecule has 0 radical (unpaired) electrons. The third kappa shape index (κ3) is 2.75.